The van der Waals surface area contributed by atoms with Crippen molar-refractivity contribution in [2.24, 2.45) is 10.9 Å². The fourth-order valence-corrected chi connectivity index (χ4v) is 7.33. The van der Waals surface area contributed by atoms with Crippen LogP contribution < -0.4 is 9.54 Å². The van der Waals surface area contributed by atoms with Crippen LogP contribution in [0, 0.1) is 5.92 Å². The largest absolute Gasteiger partial charge is 0.497 e. The molecule has 0 saturated carbocycles. The first-order valence-corrected chi connectivity index (χ1v) is 13.0. The first-order valence-electron chi connectivity index (χ1n) is 9.84. The van der Waals surface area contributed by atoms with Crippen molar-refractivity contribution < 1.29 is 17.9 Å². The van der Waals surface area contributed by atoms with Crippen molar-refractivity contribution in [2.45, 2.75) is 23.6 Å². The van der Waals surface area contributed by atoms with Gasteiger partial charge in [0.1, 0.15) is 9.96 Å². The number of piperidine rings is 1. The Hall–Kier alpha value is -2.27. The summed E-state index contributed by atoms with van der Waals surface area (Å²) in [6.45, 7) is 4.99. The van der Waals surface area contributed by atoms with Gasteiger partial charge in [0.15, 0.2) is 4.80 Å². The molecular formula is C21H23N3O4S3. The SMILES string of the molecule is C=CCn1c(=NC(=O)C2CCN(S(=O)(=O)c3cccs3)CC2)sc2cc(OC)ccc21. The number of ether oxygens (including phenoxy) is 1. The number of fused-ring (bicyclic) bond motifs is 1. The van der Waals surface area contributed by atoms with Crippen LogP contribution in [0.2, 0.25) is 0 Å². The van der Waals surface area contributed by atoms with E-state index in [9.17, 15) is 13.2 Å². The summed E-state index contributed by atoms with van der Waals surface area (Å²) >= 11 is 2.64. The second-order valence-electron chi connectivity index (χ2n) is 7.18. The minimum absolute atomic E-state index is 0.204. The van der Waals surface area contributed by atoms with Gasteiger partial charge in [0, 0.05) is 25.6 Å². The third-order valence-electron chi connectivity index (χ3n) is 5.30. The maximum absolute atomic E-state index is 12.9. The van der Waals surface area contributed by atoms with Gasteiger partial charge in [-0.3, -0.25) is 4.79 Å². The Morgan fingerprint density at radius 1 is 1.32 bits per heavy atom. The molecule has 0 N–H and O–H groups in total. The van der Waals surface area contributed by atoms with Crippen LogP contribution in [0.15, 0.2) is 57.6 Å². The zero-order valence-corrected chi connectivity index (χ0v) is 19.5. The molecule has 4 rings (SSSR count). The van der Waals surface area contributed by atoms with E-state index in [2.05, 4.69) is 11.6 Å². The van der Waals surface area contributed by atoms with Crippen LogP contribution in [0.4, 0.5) is 0 Å². The highest BCUT2D eigenvalue weighted by Gasteiger charge is 2.32. The molecule has 0 spiro atoms. The molecule has 0 unspecified atom stereocenters. The Bertz CT molecular complexity index is 1260. The van der Waals surface area contributed by atoms with Crippen LogP contribution in [0.25, 0.3) is 10.2 Å². The topological polar surface area (TPSA) is 81.0 Å². The normalized spacial score (nSPS) is 16.6. The van der Waals surface area contributed by atoms with E-state index in [1.54, 1.807) is 30.7 Å². The van der Waals surface area contributed by atoms with Crippen LogP contribution >= 0.6 is 22.7 Å². The number of thiazole rings is 1. The number of carbonyl (C=O) groups excluding carboxylic acids is 1. The average Bonchev–Trinajstić information content (AvgIpc) is 3.43. The minimum atomic E-state index is -3.48. The highest BCUT2D eigenvalue weighted by atomic mass is 32.2. The predicted octanol–water partition coefficient (Wildman–Crippen LogP) is 3.49. The fraction of sp³-hybridized carbons (Fsp3) is 0.333. The second kappa shape index (κ2) is 9.07. The standard InChI is InChI=1S/C21H23N3O4S3/c1-3-10-24-17-7-6-16(28-2)14-18(17)30-21(24)22-20(25)15-8-11-23(12-9-15)31(26,27)19-5-4-13-29-19/h3-7,13-15H,1,8-12H2,2H3. The van der Waals surface area contributed by atoms with Crippen LogP contribution in [0.1, 0.15) is 12.8 Å². The van der Waals surface area contributed by atoms with Crippen LogP contribution in [-0.4, -0.2) is 43.4 Å². The lowest BCUT2D eigenvalue weighted by atomic mass is 9.98. The van der Waals surface area contributed by atoms with Gasteiger partial charge in [-0.15, -0.1) is 17.9 Å². The molecule has 7 nitrogen and oxygen atoms in total. The number of benzene rings is 1. The molecule has 0 bridgehead atoms. The first-order chi connectivity index (χ1) is 14.9. The number of rotatable bonds is 6. The molecular weight excluding hydrogens is 454 g/mol. The number of hydrogen-bond acceptors (Lipinski definition) is 6. The van der Waals surface area contributed by atoms with E-state index >= 15 is 0 Å². The third-order valence-corrected chi connectivity index (χ3v) is 9.61. The Morgan fingerprint density at radius 3 is 2.74 bits per heavy atom. The van der Waals surface area contributed by atoms with E-state index in [0.717, 1.165) is 16.0 Å². The lowest BCUT2D eigenvalue weighted by Gasteiger charge is -2.29. The summed E-state index contributed by atoms with van der Waals surface area (Å²) in [5.41, 5.74) is 0.967. The summed E-state index contributed by atoms with van der Waals surface area (Å²) in [6, 6.07) is 9.10. The molecule has 0 atom stereocenters. The van der Waals surface area contributed by atoms with Crippen LogP contribution in [0.5, 0.6) is 5.75 Å². The summed E-state index contributed by atoms with van der Waals surface area (Å²) in [5, 5.41) is 1.75. The second-order valence-corrected chi connectivity index (χ2v) is 11.3. The van der Waals surface area contributed by atoms with E-state index in [1.807, 2.05) is 22.8 Å². The number of allylic oxidation sites excluding steroid dienone is 1. The van der Waals surface area contributed by atoms with Crippen molar-refractivity contribution in [2.75, 3.05) is 20.2 Å². The van der Waals surface area contributed by atoms with Gasteiger partial charge in [-0.2, -0.15) is 9.30 Å². The number of thiophene rings is 1. The molecule has 31 heavy (non-hydrogen) atoms. The number of aromatic nitrogens is 1. The first kappa shape index (κ1) is 21.9. The van der Waals surface area contributed by atoms with Gasteiger partial charge in [-0.25, -0.2) is 8.42 Å². The maximum Gasteiger partial charge on any atom is 0.252 e. The monoisotopic (exact) mass is 477 g/mol. The summed E-state index contributed by atoms with van der Waals surface area (Å²) in [5.74, 6) is 0.257. The molecule has 2 aromatic heterocycles. The minimum Gasteiger partial charge on any atom is -0.497 e. The Balaban J connectivity index is 1.55. The van der Waals surface area contributed by atoms with Gasteiger partial charge in [0.2, 0.25) is 0 Å². The molecule has 0 radical (unpaired) electrons. The summed E-state index contributed by atoms with van der Waals surface area (Å²) in [7, 11) is -1.86. The molecule has 1 aliphatic heterocycles. The molecule has 1 aromatic carbocycles. The number of amides is 1. The van der Waals surface area contributed by atoms with Crippen molar-refractivity contribution in [3.63, 3.8) is 0 Å². The quantitative estimate of drug-likeness (QED) is 0.509. The van der Waals surface area contributed by atoms with E-state index in [1.165, 1.54) is 27.0 Å². The Labute approximate surface area is 189 Å². The molecule has 0 aliphatic carbocycles. The number of hydrogen-bond donors (Lipinski definition) is 0. The highest BCUT2D eigenvalue weighted by molar-refractivity contribution is 7.91. The highest BCUT2D eigenvalue weighted by Crippen LogP contribution is 2.27. The number of methoxy groups -OCH3 is 1. The molecule has 1 fully saturated rings. The molecule has 1 saturated heterocycles. The van der Waals surface area contributed by atoms with Gasteiger partial charge in [0.05, 0.1) is 17.3 Å². The van der Waals surface area contributed by atoms with Gasteiger partial charge >= 0.3 is 0 Å². The van der Waals surface area contributed by atoms with E-state index in [-0.39, 0.29) is 11.8 Å². The maximum atomic E-state index is 12.9. The van der Waals surface area contributed by atoms with Crippen LogP contribution in [0.3, 0.4) is 0 Å². The molecule has 3 heterocycles. The van der Waals surface area contributed by atoms with Crippen molar-refractivity contribution in [1.29, 1.82) is 0 Å². The van der Waals surface area contributed by atoms with E-state index in [4.69, 9.17) is 4.74 Å². The fourth-order valence-electron chi connectivity index (χ4n) is 3.64. The van der Waals surface area contributed by atoms with Gasteiger partial charge in [-0.05, 0) is 42.5 Å². The van der Waals surface area contributed by atoms with Crippen molar-refractivity contribution in [1.82, 2.24) is 8.87 Å². The van der Waals surface area contributed by atoms with Crippen LogP contribution in [-0.2, 0) is 21.4 Å². The summed E-state index contributed by atoms with van der Waals surface area (Å²) in [4.78, 5) is 18.0. The summed E-state index contributed by atoms with van der Waals surface area (Å²) < 4.78 is 35.4. The van der Waals surface area contributed by atoms with Crippen molar-refractivity contribution in [3.05, 3.63) is 53.2 Å². The lowest BCUT2D eigenvalue weighted by Crippen LogP contribution is -2.40. The van der Waals surface area contributed by atoms with E-state index in [0.29, 0.717) is 41.5 Å². The molecule has 164 valence electrons. The number of sulfonamides is 1. The summed E-state index contributed by atoms with van der Waals surface area (Å²) in [6.07, 6.45) is 2.70. The van der Waals surface area contributed by atoms with Gasteiger partial charge < -0.3 is 9.30 Å². The zero-order valence-electron chi connectivity index (χ0n) is 17.1. The molecule has 3 aromatic rings. The van der Waals surface area contributed by atoms with Crippen molar-refractivity contribution in [3.8, 4) is 5.75 Å². The lowest BCUT2D eigenvalue weighted by molar-refractivity contribution is -0.122. The number of carbonyl (C=O) groups is 1. The van der Waals surface area contributed by atoms with Gasteiger partial charge in [0.25, 0.3) is 15.9 Å². The van der Waals surface area contributed by atoms with E-state index < -0.39 is 10.0 Å². The molecule has 10 heteroatoms. The third kappa shape index (κ3) is 4.38. The number of nitrogens with zero attached hydrogens (tertiary/aromatic N) is 3. The zero-order chi connectivity index (χ0) is 22.0. The Morgan fingerprint density at radius 2 is 2.10 bits per heavy atom. The Kier molecular flexibility index (Phi) is 6.42. The average molecular weight is 478 g/mol. The molecule has 1 aliphatic rings. The van der Waals surface area contributed by atoms with Crippen molar-refractivity contribution >= 4 is 48.8 Å². The smallest absolute Gasteiger partial charge is 0.252 e. The molecule has 1 amide bonds. The predicted molar refractivity (Wildman–Crippen MR) is 123 cm³/mol. The van der Waals surface area contributed by atoms with Gasteiger partial charge in [-0.1, -0.05) is 23.5 Å².